The van der Waals surface area contributed by atoms with Gasteiger partial charge in [0.15, 0.2) is 0 Å². The van der Waals surface area contributed by atoms with Crippen molar-refractivity contribution in [2.24, 2.45) is 5.73 Å². The van der Waals surface area contributed by atoms with Gasteiger partial charge in [-0.3, -0.25) is 0 Å². The Bertz CT molecular complexity index is 355. The van der Waals surface area contributed by atoms with Crippen LogP contribution in [0, 0.1) is 0 Å². The van der Waals surface area contributed by atoms with Crippen molar-refractivity contribution in [2.45, 2.75) is 63.5 Å². The van der Waals surface area contributed by atoms with Crippen LogP contribution < -0.4 is 5.73 Å². The molecule has 0 heterocycles. The zero-order chi connectivity index (χ0) is 14.2. The third-order valence-corrected chi connectivity index (χ3v) is 4.70. The summed E-state index contributed by atoms with van der Waals surface area (Å²) >= 11 is 0. The van der Waals surface area contributed by atoms with E-state index in [-0.39, 0.29) is 6.04 Å². The lowest BCUT2D eigenvalue weighted by molar-refractivity contribution is 0.215. The molecule has 1 atom stereocenters. The van der Waals surface area contributed by atoms with Gasteiger partial charge in [0.05, 0.1) is 0 Å². The summed E-state index contributed by atoms with van der Waals surface area (Å²) in [4.78, 5) is 2.57. The molecule has 0 spiro atoms. The van der Waals surface area contributed by atoms with Crippen molar-refractivity contribution in [1.82, 2.24) is 4.90 Å². The largest absolute Gasteiger partial charge is 0.324 e. The van der Waals surface area contributed by atoms with Gasteiger partial charge in [-0.05, 0) is 44.8 Å². The van der Waals surface area contributed by atoms with Crippen molar-refractivity contribution in [2.75, 3.05) is 13.6 Å². The molecule has 1 unspecified atom stereocenters. The highest BCUT2D eigenvalue weighted by atomic mass is 15.1. The normalized spacial score (nSPS) is 18.9. The molecule has 0 aliphatic heterocycles. The SMILES string of the molecule is CN(CCCC(N)c1ccccc1)C1CCCCCC1. The molecule has 0 amide bonds. The van der Waals surface area contributed by atoms with Crippen LogP contribution >= 0.6 is 0 Å². The van der Waals surface area contributed by atoms with E-state index in [4.69, 9.17) is 5.73 Å². The number of rotatable bonds is 6. The van der Waals surface area contributed by atoms with Gasteiger partial charge >= 0.3 is 0 Å². The Morgan fingerprint density at radius 2 is 1.75 bits per heavy atom. The molecule has 0 aromatic heterocycles. The van der Waals surface area contributed by atoms with E-state index in [0.29, 0.717) is 0 Å². The highest BCUT2D eigenvalue weighted by molar-refractivity contribution is 5.18. The second-order valence-electron chi connectivity index (χ2n) is 6.29. The van der Waals surface area contributed by atoms with Crippen LogP contribution in [0.25, 0.3) is 0 Å². The summed E-state index contributed by atoms with van der Waals surface area (Å²) in [5.41, 5.74) is 7.53. The van der Waals surface area contributed by atoms with Crippen LogP contribution in [0.2, 0.25) is 0 Å². The zero-order valence-electron chi connectivity index (χ0n) is 12.9. The van der Waals surface area contributed by atoms with Crippen LogP contribution in [0.1, 0.15) is 63.0 Å². The summed E-state index contributed by atoms with van der Waals surface area (Å²) in [6.45, 7) is 1.19. The summed E-state index contributed by atoms with van der Waals surface area (Å²) < 4.78 is 0. The van der Waals surface area contributed by atoms with Gasteiger partial charge in [0, 0.05) is 12.1 Å². The van der Waals surface area contributed by atoms with Crippen molar-refractivity contribution in [3.05, 3.63) is 35.9 Å². The van der Waals surface area contributed by atoms with Crippen molar-refractivity contribution in [1.29, 1.82) is 0 Å². The van der Waals surface area contributed by atoms with Crippen molar-refractivity contribution >= 4 is 0 Å². The van der Waals surface area contributed by atoms with Crippen molar-refractivity contribution < 1.29 is 0 Å². The van der Waals surface area contributed by atoms with Gasteiger partial charge in [-0.1, -0.05) is 56.0 Å². The summed E-state index contributed by atoms with van der Waals surface area (Å²) in [5, 5.41) is 0. The van der Waals surface area contributed by atoms with Gasteiger partial charge in [0.2, 0.25) is 0 Å². The van der Waals surface area contributed by atoms with E-state index in [1.54, 1.807) is 0 Å². The number of hydrogen-bond donors (Lipinski definition) is 1. The first-order valence-corrected chi connectivity index (χ1v) is 8.28. The second kappa shape index (κ2) is 8.43. The molecule has 1 aromatic carbocycles. The van der Waals surface area contributed by atoms with E-state index in [0.717, 1.165) is 12.5 Å². The molecule has 1 aliphatic rings. The van der Waals surface area contributed by atoms with Crippen LogP contribution in [-0.4, -0.2) is 24.5 Å². The maximum atomic E-state index is 6.27. The molecule has 0 bridgehead atoms. The maximum absolute atomic E-state index is 6.27. The Morgan fingerprint density at radius 1 is 1.10 bits per heavy atom. The molecule has 1 fully saturated rings. The highest BCUT2D eigenvalue weighted by Crippen LogP contribution is 2.22. The predicted octanol–water partition coefficient (Wildman–Crippen LogP) is 4.12. The first-order valence-electron chi connectivity index (χ1n) is 8.28. The third-order valence-electron chi connectivity index (χ3n) is 4.70. The van der Waals surface area contributed by atoms with E-state index in [9.17, 15) is 0 Å². The van der Waals surface area contributed by atoms with Crippen molar-refractivity contribution in [3.8, 4) is 0 Å². The Morgan fingerprint density at radius 3 is 2.40 bits per heavy atom. The van der Waals surface area contributed by atoms with Gasteiger partial charge < -0.3 is 10.6 Å². The molecule has 1 aromatic rings. The summed E-state index contributed by atoms with van der Waals surface area (Å²) in [5.74, 6) is 0. The minimum absolute atomic E-state index is 0.193. The molecule has 1 saturated carbocycles. The van der Waals surface area contributed by atoms with Crippen molar-refractivity contribution in [3.63, 3.8) is 0 Å². The second-order valence-corrected chi connectivity index (χ2v) is 6.29. The fourth-order valence-electron chi connectivity index (χ4n) is 3.31. The molecule has 2 rings (SSSR count). The van der Waals surface area contributed by atoms with E-state index < -0.39 is 0 Å². The van der Waals surface area contributed by atoms with E-state index in [1.807, 2.05) is 0 Å². The Hall–Kier alpha value is -0.860. The molecule has 2 nitrogen and oxygen atoms in total. The lowest BCUT2D eigenvalue weighted by atomic mass is 10.0. The Balaban J connectivity index is 1.69. The molecule has 2 N–H and O–H groups in total. The fraction of sp³-hybridized carbons (Fsp3) is 0.667. The quantitative estimate of drug-likeness (QED) is 0.791. The monoisotopic (exact) mass is 274 g/mol. The van der Waals surface area contributed by atoms with Crippen LogP contribution in [0.3, 0.4) is 0 Å². The average molecular weight is 274 g/mol. The third kappa shape index (κ3) is 4.92. The standard InChI is InChI=1S/C18H30N2/c1-20(17-12-7-2-3-8-13-17)15-9-14-18(19)16-10-5-4-6-11-16/h4-6,10-11,17-18H,2-3,7-9,12-15,19H2,1H3. The minimum atomic E-state index is 0.193. The molecular weight excluding hydrogens is 244 g/mol. The van der Waals surface area contributed by atoms with Gasteiger partial charge in [0.1, 0.15) is 0 Å². The van der Waals surface area contributed by atoms with Gasteiger partial charge in [-0.25, -0.2) is 0 Å². The average Bonchev–Trinajstić information content (AvgIpc) is 2.77. The van der Waals surface area contributed by atoms with E-state index in [2.05, 4.69) is 42.3 Å². The molecule has 0 saturated heterocycles. The van der Waals surface area contributed by atoms with Crippen LogP contribution in [0.4, 0.5) is 0 Å². The van der Waals surface area contributed by atoms with Gasteiger partial charge in [-0.15, -0.1) is 0 Å². The Labute approximate surface area is 124 Å². The number of nitrogens with zero attached hydrogens (tertiary/aromatic N) is 1. The maximum Gasteiger partial charge on any atom is 0.0295 e. The number of benzene rings is 1. The zero-order valence-corrected chi connectivity index (χ0v) is 12.9. The van der Waals surface area contributed by atoms with Crippen LogP contribution in [0.15, 0.2) is 30.3 Å². The van der Waals surface area contributed by atoms with Crippen LogP contribution in [0.5, 0.6) is 0 Å². The van der Waals surface area contributed by atoms with E-state index in [1.165, 1.54) is 57.1 Å². The lowest BCUT2D eigenvalue weighted by Crippen LogP contribution is -2.32. The molecule has 0 radical (unpaired) electrons. The lowest BCUT2D eigenvalue weighted by Gasteiger charge is -2.27. The molecular formula is C18H30N2. The summed E-state index contributed by atoms with van der Waals surface area (Å²) in [7, 11) is 2.30. The molecule has 20 heavy (non-hydrogen) atoms. The topological polar surface area (TPSA) is 29.3 Å². The van der Waals surface area contributed by atoms with E-state index >= 15 is 0 Å². The smallest absolute Gasteiger partial charge is 0.0295 e. The minimum Gasteiger partial charge on any atom is -0.324 e. The summed E-state index contributed by atoms with van der Waals surface area (Å²) in [6.07, 6.45) is 10.8. The number of hydrogen-bond acceptors (Lipinski definition) is 2. The summed E-state index contributed by atoms with van der Waals surface area (Å²) in [6, 6.07) is 11.5. The molecule has 112 valence electrons. The predicted molar refractivity (Wildman–Crippen MR) is 86.7 cm³/mol. The number of nitrogens with two attached hydrogens (primary N) is 1. The Kier molecular flexibility index (Phi) is 6.55. The molecule has 2 heteroatoms. The highest BCUT2D eigenvalue weighted by Gasteiger charge is 2.16. The van der Waals surface area contributed by atoms with Gasteiger partial charge in [-0.2, -0.15) is 0 Å². The fourth-order valence-corrected chi connectivity index (χ4v) is 3.31. The first-order chi connectivity index (χ1) is 9.77. The van der Waals surface area contributed by atoms with Crippen LogP contribution in [-0.2, 0) is 0 Å². The van der Waals surface area contributed by atoms with Gasteiger partial charge in [0.25, 0.3) is 0 Å². The molecule has 1 aliphatic carbocycles. The first kappa shape index (κ1) is 15.5.